The van der Waals surface area contributed by atoms with Crippen LogP contribution in [0.4, 0.5) is 0 Å². The molecule has 6 heteroatoms. The van der Waals surface area contributed by atoms with Crippen molar-refractivity contribution in [3.8, 4) is 45.8 Å². The molecule has 0 bridgehead atoms. The summed E-state index contributed by atoms with van der Waals surface area (Å²) in [5.74, 6) is -0.416. The van der Waals surface area contributed by atoms with Crippen molar-refractivity contribution >= 4 is 21.5 Å². The fourth-order valence-corrected chi connectivity index (χ4v) is 4.55. The van der Waals surface area contributed by atoms with Crippen molar-refractivity contribution in [1.82, 2.24) is 9.97 Å². The third kappa shape index (κ3) is 4.62. The fourth-order valence-electron chi connectivity index (χ4n) is 4.55. The second-order valence-corrected chi connectivity index (χ2v) is 8.87. The molecule has 0 atom stereocenters. The number of unbranched alkanes of at least 4 members (excludes halogenated alkanes) is 3. The number of rotatable bonds is 8. The first-order valence-corrected chi connectivity index (χ1v) is 12.2. The first-order chi connectivity index (χ1) is 17.5. The number of benzene rings is 4. The number of aromatic hydroxyl groups is 3. The molecule has 1 heterocycles. The highest BCUT2D eigenvalue weighted by molar-refractivity contribution is 6.13. The molecule has 5 rings (SSSR count). The maximum absolute atomic E-state index is 10.5. The molecule has 1 aromatic heterocycles. The summed E-state index contributed by atoms with van der Waals surface area (Å²) in [5, 5.41) is 35.2. The number of nitrogens with zero attached hydrogens (tertiary/aromatic N) is 2. The van der Waals surface area contributed by atoms with E-state index < -0.39 is 0 Å². The first kappa shape index (κ1) is 23.4. The van der Waals surface area contributed by atoms with Gasteiger partial charge in [0.05, 0.1) is 12.3 Å². The van der Waals surface area contributed by atoms with E-state index in [1.807, 2.05) is 24.3 Å². The second-order valence-electron chi connectivity index (χ2n) is 8.87. The molecule has 0 aliphatic carbocycles. The maximum Gasteiger partial charge on any atom is 0.217 e. The van der Waals surface area contributed by atoms with Gasteiger partial charge in [0.25, 0.3) is 0 Å². The predicted octanol–water partition coefficient (Wildman–Crippen LogP) is 7.19. The van der Waals surface area contributed by atoms with Crippen molar-refractivity contribution in [3.63, 3.8) is 0 Å². The molecule has 0 radical (unpaired) electrons. The molecule has 5 aromatic rings. The van der Waals surface area contributed by atoms with E-state index in [0.717, 1.165) is 64.9 Å². The number of fused-ring (bicyclic) bond motifs is 3. The lowest BCUT2D eigenvalue weighted by molar-refractivity contribution is 0.294. The molecule has 0 aliphatic rings. The van der Waals surface area contributed by atoms with E-state index in [2.05, 4.69) is 42.2 Å². The van der Waals surface area contributed by atoms with Gasteiger partial charge in [-0.3, -0.25) is 0 Å². The number of phenols is 3. The van der Waals surface area contributed by atoms with E-state index in [9.17, 15) is 15.3 Å². The Kier molecular flexibility index (Phi) is 6.58. The van der Waals surface area contributed by atoms with Crippen LogP contribution >= 0.6 is 0 Å². The van der Waals surface area contributed by atoms with Gasteiger partial charge in [0.1, 0.15) is 22.8 Å². The third-order valence-corrected chi connectivity index (χ3v) is 6.30. The van der Waals surface area contributed by atoms with Crippen LogP contribution in [0.1, 0.15) is 32.6 Å². The summed E-state index contributed by atoms with van der Waals surface area (Å²) < 4.78 is 6.02. The van der Waals surface area contributed by atoms with E-state index in [-0.39, 0.29) is 28.6 Å². The SMILES string of the molecule is CCCCCCOc1cc(-c2cc3ccccc3c3ccccc23)nc(-c2c(O)cc(O)cc2O)n1. The van der Waals surface area contributed by atoms with Crippen molar-refractivity contribution < 1.29 is 20.1 Å². The van der Waals surface area contributed by atoms with E-state index in [4.69, 9.17) is 9.72 Å². The van der Waals surface area contributed by atoms with Crippen LogP contribution in [-0.4, -0.2) is 31.9 Å². The fraction of sp³-hybridized carbons (Fsp3) is 0.200. The van der Waals surface area contributed by atoms with Crippen molar-refractivity contribution in [1.29, 1.82) is 0 Å². The van der Waals surface area contributed by atoms with Gasteiger partial charge in [0.2, 0.25) is 5.88 Å². The normalized spacial score (nSPS) is 11.2. The van der Waals surface area contributed by atoms with Crippen LogP contribution in [0, 0.1) is 0 Å². The summed E-state index contributed by atoms with van der Waals surface area (Å²) in [5.41, 5.74) is 1.54. The number of aromatic nitrogens is 2. The van der Waals surface area contributed by atoms with Crippen molar-refractivity contribution in [2.24, 2.45) is 0 Å². The second kappa shape index (κ2) is 10.1. The highest BCUT2D eigenvalue weighted by Gasteiger charge is 2.19. The Morgan fingerprint density at radius 3 is 2.17 bits per heavy atom. The molecule has 3 N–H and O–H groups in total. The number of hydrogen-bond donors (Lipinski definition) is 3. The predicted molar refractivity (Wildman–Crippen MR) is 143 cm³/mol. The number of phenolic OH excluding ortho intramolecular Hbond substituents is 3. The lowest BCUT2D eigenvalue weighted by Crippen LogP contribution is -2.02. The largest absolute Gasteiger partial charge is 0.508 e. The van der Waals surface area contributed by atoms with Crippen molar-refractivity contribution in [2.45, 2.75) is 32.6 Å². The Morgan fingerprint density at radius 2 is 1.42 bits per heavy atom. The van der Waals surface area contributed by atoms with Crippen LogP contribution in [0.5, 0.6) is 23.1 Å². The van der Waals surface area contributed by atoms with E-state index in [1.54, 1.807) is 6.07 Å². The lowest BCUT2D eigenvalue weighted by atomic mass is 9.95. The molecule has 0 saturated carbocycles. The minimum Gasteiger partial charge on any atom is -0.508 e. The first-order valence-electron chi connectivity index (χ1n) is 12.2. The van der Waals surface area contributed by atoms with Gasteiger partial charge in [-0.1, -0.05) is 74.7 Å². The summed E-state index contributed by atoms with van der Waals surface area (Å²) in [6.45, 7) is 2.66. The van der Waals surface area contributed by atoms with Gasteiger partial charge in [-0.2, -0.15) is 4.98 Å². The average molecular weight is 481 g/mol. The van der Waals surface area contributed by atoms with Crippen LogP contribution in [0.3, 0.4) is 0 Å². The zero-order valence-corrected chi connectivity index (χ0v) is 20.1. The molecule has 0 spiro atoms. The number of hydrogen-bond acceptors (Lipinski definition) is 6. The molecule has 0 amide bonds. The summed E-state index contributed by atoms with van der Waals surface area (Å²) >= 11 is 0. The summed E-state index contributed by atoms with van der Waals surface area (Å²) in [4.78, 5) is 9.25. The van der Waals surface area contributed by atoms with Crippen LogP contribution in [0.25, 0.3) is 44.2 Å². The Labute approximate surface area is 209 Å². The molecule has 6 nitrogen and oxygen atoms in total. The van der Waals surface area contributed by atoms with Gasteiger partial charge in [-0.05, 0) is 34.0 Å². The maximum atomic E-state index is 10.5. The lowest BCUT2D eigenvalue weighted by Gasteiger charge is -2.14. The number of ether oxygens (including phenoxy) is 1. The van der Waals surface area contributed by atoms with Gasteiger partial charge in [0, 0.05) is 23.8 Å². The Morgan fingerprint density at radius 1 is 0.722 bits per heavy atom. The van der Waals surface area contributed by atoms with Gasteiger partial charge < -0.3 is 20.1 Å². The van der Waals surface area contributed by atoms with Crippen molar-refractivity contribution in [3.05, 3.63) is 72.8 Å². The van der Waals surface area contributed by atoms with E-state index >= 15 is 0 Å². The van der Waals surface area contributed by atoms with Gasteiger partial charge >= 0.3 is 0 Å². The zero-order valence-electron chi connectivity index (χ0n) is 20.1. The van der Waals surface area contributed by atoms with Crippen LogP contribution in [0.15, 0.2) is 72.8 Å². The molecule has 0 fully saturated rings. The third-order valence-electron chi connectivity index (χ3n) is 6.30. The summed E-state index contributed by atoms with van der Waals surface area (Å²) in [6, 6.07) is 22.5. The standard InChI is InChI=1S/C30H28N2O4/c1-2-3-4-9-14-36-28-18-25(31-30(32-28)29-26(34)16-20(33)17-27(29)35)24-15-19-10-5-6-11-21(19)22-12-7-8-13-23(22)24/h5-8,10-13,15-18,33-35H,2-4,9,14H2,1H3. The monoisotopic (exact) mass is 480 g/mol. The van der Waals surface area contributed by atoms with E-state index in [1.165, 1.54) is 0 Å². The molecule has 0 aliphatic heterocycles. The molecular weight excluding hydrogens is 452 g/mol. The molecule has 0 saturated heterocycles. The van der Waals surface area contributed by atoms with Crippen LogP contribution in [0.2, 0.25) is 0 Å². The molecule has 4 aromatic carbocycles. The topological polar surface area (TPSA) is 95.7 Å². The Hall–Kier alpha value is -4.32. The highest BCUT2D eigenvalue weighted by atomic mass is 16.5. The zero-order chi connectivity index (χ0) is 25.1. The Bertz CT molecular complexity index is 1520. The summed E-state index contributed by atoms with van der Waals surface area (Å²) in [6.07, 6.45) is 4.24. The molecule has 0 unspecified atom stereocenters. The van der Waals surface area contributed by atoms with Crippen LogP contribution < -0.4 is 4.74 Å². The molecular formula is C30H28N2O4. The minimum atomic E-state index is -0.318. The van der Waals surface area contributed by atoms with Gasteiger partial charge in [-0.25, -0.2) is 4.98 Å². The Balaban J connectivity index is 1.69. The average Bonchev–Trinajstić information content (AvgIpc) is 2.87. The molecule has 36 heavy (non-hydrogen) atoms. The van der Waals surface area contributed by atoms with Crippen molar-refractivity contribution in [2.75, 3.05) is 6.61 Å². The smallest absolute Gasteiger partial charge is 0.217 e. The quantitative estimate of drug-likeness (QED) is 0.161. The van der Waals surface area contributed by atoms with Crippen LogP contribution in [-0.2, 0) is 0 Å². The summed E-state index contributed by atoms with van der Waals surface area (Å²) in [7, 11) is 0. The van der Waals surface area contributed by atoms with E-state index in [0.29, 0.717) is 18.2 Å². The highest BCUT2D eigenvalue weighted by Crippen LogP contribution is 2.41. The van der Waals surface area contributed by atoms with Gasteiger partial charge in [0.15, 0.2) is 5.82 Å². The minimum absolute atomic E-state index is 0.0376. The van der Waals surface area contributed by atoms with Gasteiger partial charge in [-0.15, -0.1) is 0 Å². The molecule has 182 valence electrons.